The molecule has 2 aliphatic rings. The van der Waals surface area contributed by atoms with Crippen LogP contribution < -0.4 is 9.64 Å². The van der Waals surface area contributed by atoms with Crippen LogP contribution in [0.1, 0.15) is 69.8 Å². The number of carbonyl (C=O) groups is 2. The van der Waals surface area contributed by atoms with Crippen molar-refractivity contribution in [3.8, 4) is 5.75 Å². The molecule has 8 heteroatoms. The van der Waals surface area contributed by atoms with Crippen molar-refractivity contribution < 1.29 is 22.7 Å². The van der Waals surface area contributed by atoms with Crippen LogP contribution >= 0.6 is 0 Å². The average molecular weight is 499 g/mol. The summed E-state index contributed by atoms with van der Waals surface area (Å²) in [5, 5.41) is 0. The second kappa shape index (κ2) is 9.04. The maximum absolute atomic E-state index is 13.5. The number of benzene rings is 1. The highest BCUT2D eigenvalue weighted by atomic mass is 32.2. The van der Waals surface area contributed by atoms with E-state index in [1.807, 2.05) is 32.9 Å². The van der Waals surface area contributed by atoms with E-state index in [2.05, 4.69) is 18.8 Å². The number of hydrogen-bond acceptors (Lipinski definition) is 6. The Labute approximate surface area is 207 Å². The van der Waals surface area contributed by atoms with Crippen LogP contribution in [0.25, 0.3) is 0 Å². The normalized spacial score (nSPS) is 20.1. The first-order chi connectivity index (χ1) is 16.3. The Balaban J connectivity index is 1.61. The van der Waals surface area contributed by atoms with Crippen LogP contribution in [0.15, 0.2) is 36.5 Å². The van der Waals surface area contributed by atoms with Gasteiger partial charge in [-0.25, -0.2) is 13.4 Å². The van der Waals surface area contributed by atoms with Gasteiger partial charge in [0, 0.05) is 24.2 Å². The summed E-state index contributed by atoms with van der Waals surface area (Å²) < 4.78 is 29.5. The van der Waals surface area contributed by atoms with Gasteiger partial charge in [0.05, 0.1) is 29.2 Å². The SMILES string of the molecule is CC(C)COc1ccnc(N2C(=O)C(C)(C)c3cc(C(=O)CC4(C)CCS(=O)(=O)CC4)ccc32)c1. The van der Waals surface area contributed by atoms with E-state index in [1.165, 1.54) is 0 Å². The molecule has 2 aliphatic heterocycles. The average Bonchev–Trinajstić information content (AvgIpc) is 3.00. The first-order valence-corrected chi connectivity index (χ1v) is 14.0. The van der Waals surface area contributed by atoms with E-state index in [1.54, 1.807) is 29.3 Å². The molecule has 0 atom stereocenters. The highest BCUT2D eigenvalue weighted by molar-refractivity contribution is 7.91. The van der Waals surface area contributed by atoms with Gasteiger partial charge in [0.15, 0.2) is 5.78 Å². The maximum atomic E-state index is 13.5. The van der Waals surface area contributed by atoms with Crippen molar-refractivity contribution in [3.05, 3.63) is 47.7 Å². The molecular weight excluding hydrogens is 464 g/mol. The van der Waals surface area contributed by atoms with Gasteiger partial charge in [-0.2, -0.15) is 0 Å². The Morgan fingerprint density at radius 1 is 1.11 bits per heavy atom. The lowest BCUT2D eigenvalue weighted by molar-refractivity contribution is -0.121. The zero-order valence-corrected chi connectivity index (χ0v) is 21.9. The van der Waals surface area contributed by atoms with Gasteiger partial charge in [0.1, 0.15) is 21.4 Å². The predicted molar refractivity (Wildman–Crippen MR) is 136 cm³/mol. The number of nitrogens with zero attached hydrogens (tertiary/aromatic N) is 2. The van der Waals surface area contributed by atoms with Crippen LogP contribution in [0.4, 0.5) is 11.5 Å². The first kappa shape index (κ1) is 25.4. The Morgan fingerprint density at radius 3 is 2.46 bits per heavy atom. The number of hydrogen-bond donors (Lipinski definition) is 0. The van der Waals surface area contributed by atoms with E-state index >= 15 is 0 Å². The minimum absolute atomic E-state index is 0.0292. The summed E-state index contributed by atoms with van der Waals surface area (Å²) >= 11 is 0. The van der Waals surface area contributed by atoms with Crippen molar-refractivity contribution >= 4 is 33.0 Å². The molecule has 3 heterocycles. The molecule has 0 N–H and O–H groups in total. The number of ketones is 1. The number of sulfone groups is 1. The van der Waals surface area contributed by atoms with Gasteiger partial charge in [-0.1, -0.05) is 20.8 Å². The molecule has 4 rings (SSSR count). The van der Waals surface area contributed by atoms with Crippen LogP contribution in [-0.4, -0.2) is 43.2 Å². The highest BCUT2D eigenvalue weighted by Gasteiger charge is 2.45. The Morgan fingerprint density at radius 2 is 1.80 bits per heavy atom. The molecule has 0 spiro atoms. The monoisotopic (exact) mass is 498 g/mol. The van der Waals surface area contributed by atoms with Gasteiger partial charge in [-0.05, 0) is 67.9 Å². The third-order valence-electron chi connectivity index (χ3n) is 7.12. The second-order valence-corrected chi connectivity index (χ2v) is 13.4. The summed E-state index contributed by atoms with van der Waals surface area (Å²) in [6, 6.07) is 8.93. The van der Waals surface area contributed by atoms with Gasteiger partial charge in [-0.15, -0.1) is 0 Å². The topological polar surface area (TPSA) is 93.6 Å². The number of amides is 1. The van der Waals surface area contributed by atoms with Crippen LogP contribution in [0, 0.1) is 11.3 Å². The molecule has 1 fully saturated rings. The van der Waals surface area contributed by atoms with Crippen LogP contribution in [-0.2, 0) is 20.0 Å². The molecule has 0 saturated carbocycles. The largest absolute Gasteiger partial charge is 0.493 e. The number of aromatic nitrogens is 1. The fraction of sp³-hybridized carbons (Fsp3) is 0.519. The Kier molecular flexibility index (Phi) is 6.55. The quantitative estimate of drug-likeness (QED) is 0.506. The zero-order valence-electron chi connectivity index (χ0n) is 21.1. The van der Waals surface area contributed by atoms with Gasteiger partial charge in [0.2, 0.25) is 5.91 Å². The number of Topliss-reactive ketones (excluding diaryl/α,β-unsaturated/α-hetero) is 1. The maximum Gasteiger partial charge on any atom is 0.242 e. The molecule has 0 bridgehead atoms. The Hall–Kier alpha value is -2.74. The van der Waals surface area contributed by atoms with E-state index < -0.39 is 15.3 Å². The molecular formula is C27H34N2O5S. The molecule has 35 heavy (non-hydrogen) atoms. The molecule has 1 saturated heterocycles. The van der Waals surface area contributed by atoms with E-state index in [0.717, 1.165) is 5.56 Å². The fourth-order valence-electron chi connectivity index (χ4n) is 4.71. The van der Waals surface area contributed by atoms with Crippen molar-refractivity contribution in [1.82, 2.24) is 4.98 Å². The van der Waals surface area contributed by atoms with Gasteiger partial charge < -0.3 is 4.74 Å². The van der Waals surface area contributed by atoms with Gasteiger partial charge in [0.25, 0.3) is 0 Å². The molecule has 188 valence electrons. The summed E-state index contributed by atoms with van der Waals surface area (Å²) in [6.07, 6.45) is 2.90. The summed E-state index contributed by atoms with van der Waals surface area (Å²) in [7, 11) is -3.00. The highest BCUT2D eigenvalue weighted by Crippen LogP contribution is 2.46. The lowest BCUT2D eigenvalue weighted by Gasteiger charge is -2.32. The molecule has 0 aliphatic carbocycles. The lowest BCUT2D eigenvalue weighted by Crippen LogP contribution is -2.33. The van der Waals surface area contributed by atoms with Crippen molar-refractivity contribution in [2.24, 2.45) is 11.3 Å². The van der Waals surface area contributed by atoms with Crippen LogP contribution in [0.5, 0.6) is 5.75 Å². The Bertz CT molecular complexity index is 1250. The minimum Gasteiger partial charge on any atom is -0.493 e. The molecule has 1 aromatic heterocycles. The summed E-state index contributed by atoms with van der Waals surface area (Å²) in [5.41, 5.74) is 0.868. The van der Waals surface area contributed by atoms with E-state index in [0.29, 0.717) is 48.2 Å². The van der Waals surface area contributed by atoms with E-state index in [4.69, 9.17) is 4.74 Å². The molecule has 2 aromatic rings. The van der Waals surface area contributed by atoms with Crippen LogP contribution in [0.2, 0.25) is 0 Å². The predicted octanol–water partition coefficient (Wildman–Crippen LogP) is 4.86. The molecule has 1 amide bonds. The summed E-state index contributed by atoms with van der Waals surface area (Å²) in [4.78, 5) is 32.7. The standard InChI is InChI=1S/C27H34N2O5S/c1-18(2)17-34-20-8-11-28-24(15-20)29-22-7-6-19(14-21(22)26(3,4)25(29)31)23(30)16-27(5)9-12-35(32,33)13-10-27/h6-8,11,14-15,18H,9-10,12-13,16-17H2,1-5H3. The van der Waals surface area contributed by atoms with Crippen molar-refractivity contribution in [2.75, 3.05) is 23.0 Å². The third-order valence-corrected chi connectivity index (χ3v) is 8.77. The van der Waals surface area contributed by atoms with E-state index in [-0.39, 0.29) is 35.0 Å². The van der Waals surface area contributed by atoms with Crippen molar-refractivity contribution in [2.45, 2.75) is 59.3 Å². The van der Waals surface area contributed by atoms with Gasteiger partial charge in [-0.3, -0.25) is 14.5 Å². The van der Waals surface area contributed by atoms with E-state index in [9.17, 15) is 18.0 Å². The molecule has 0 unspecified atom stereocenters. The summed E-state index contributed by atoms with van der Waals surface area (Å²) in [5.74, 6) is 1.62. The number of fused-ring (bicyclic) bond motifs is 1. The number of anilines is 2. The third kappa shape index (κ3) is 5.13. The van der Waals surface area contributed by atoms with Crippen LogP contribution in [0.3, 0.4) is 0 Å². The number of carbonyl (C=O) groups excluding carboxylic acids is 2. The first-order valence-electron chi connectivity index (χ1n) is 12.1. The molecule has 7 nitrogen and oxygen atoms in total. The number of rotatable bonds is 7. The number of ether oxygens (including phenoxy) is 1. The molecule has 0 radical (unpaired) electrons. The minimum atomic E-state index is -3.00. The molecule has 1 aromatic carbocycles. The van der Waals surface area contributed by atoms with Gasteiger partial charge >= 0.3 is 0 Å². The zero-order chi connectivity index (χ0) is 25.6. The summed E-state index contributed by atoms with van der Waals surface area (Å²) in [6.45, 7) is 10.4. The van der Waals surface area contributed by atoms with Crippen molar-refractivity contribution in [3.63, 3.8) is 0 Å². The fourth-order valence-corrected chi connectivity index (χ4v) is 6.52. The smallest absolute Gasteiger partial charge is 0.242 e. The van der Waals surface area contributed by atoms with Crippen molar-refractivity contribution in [1.29, 1.82) is 0 Å². The lowest BCUT2D eigenvalue weighted by atomic mass is 9.78. The number of pyridine rings is 1. The second-order valence-electron chi connectivity index (χ2n) is 11.1.